The molecule has 2 aromatic carbocycles. The van der Waals surface area contributed by atoms with Crippen molar-refractivity contribution in [1.29, 1.82) is 0 Å². The molecule has 2 nitrogen and oxygen atoms in total. The Balaban J connectivity index is 2.58. The van der Waals surface area contributed by atoms with Crippen molar-refractivity contribution >= 4 is 29.2 Å². The van der Waals surface area contributed by atoms with Crippen molar-refractivity contribution in [2.45, 2.75) is 0 Å². The van der Waals surface area contributed by atoms with Crippen LogP contribution in [0.3, 0.4) is 0 Å². The van der Waals surface area contributed by atoms with E-state index in [9.17, 15) is 9.18 Å². The molecule has 0 atom stereocenters. The van der Waals surface area contributed by atoms with E-state index in [1.54, 1.807) is 18.2 Å². The monoisotopic (exact) mass is 298 g/mol. The van der Waals surface area contributed by atoms with Crippen LogP contribution >= 0.6 is 23.2 Å². The maximum Gasteiger partial charge on any atom is 0.340 e. The Morgan fingerprint density at radius 2 is 1.95 bits per heavy atom. The van der Waals surface area contributed by atoms with Gasteiger partial charge in [-0.05, 0) is 23.8 Å². The van der Waals surface area contributed by atoms with Crippen molar-refractivity contribution in [2.75, 3.05) is 7.11 Å². The lowest BCUT2D eigenvalue weighted by molar-refractivity contribution is 0.0595. The van der Waals surface area contributed by atoms with Gasteiger partial charge in [0.25, 0.3) is 0 Å². The van der Waals surface area contributed by atoms with E-state index in [1.807, 2.05) is 0 Å². The number of rotatable bonds is 2. The van der Waals surface area contributed by atoms with Crippen LogP contribution < -0.4 is 0 Å². The highest BCUT2D eigenvalue weighted by Gasteiger charge is 2.15. The lowest BCUT2D eigenvalue weighted by Gasteiger charge is -2.08. The van der Waals surface area contributed by atoms with E-state index in [0.717, 1.165) is 0 Å². The second-order valence-electron chi connectivity index (χ2n) is 3.79. The van der Waals surface area contributed by atoms with Crippen LogP contribution in [0.5, 0.6) is 0 Å². The first-order chi connectivity index (χ1) is 9.04. The third-order valence-corrected chi connectivity index (χ3v) is 3.45. The number of hydrogen-bond acceptors (Lipinski definition) is 2. The maximum absolute atomic E-state index is 13.5. The number of carbonyl (C=O) groups is 1. The van der Waals surface area contributed by atoms with Crippen LogP contribution in [-0.2, 0) is 4.74 Å². The molecule has 0 heterocycles. The molecule has 0 unspecified atom stereocenters. The lowest BCUT2D eigenvalue weighted by Crippen LogP contribution is -2.04. The molecule has 0 fully saturated rings. The Morgan fingerprint density at radius 3 is 2.63 bits per heavy atom. The summed E-state index contributed by atoms with van der Waals surface area (Å²) in [4.78, 5) is 11.4. The van der Waals surface area contributed by atoms with Gasteiger partial charge >= 0.3 is 5.97 Å². The van der Waals surface area contributed by atoms with Crippen molar-refractivity contribution < 1.29 is 13.9 Å². The van der Waals surface area contributed by atoms with Gasteiger partial charge in [0.05, 0.1) is 22.7 Å². The summed E-state index contributed by atoms with van der Waals surface area (Å²) in [5.41, 5.74) is 1.07. The zero-order valence-corrected chi connectivity index (χ0v) is 11.4. The molecule has 5 heteroatoms. The fourth-order valence-electron chi connectivity index (χ4n) is 1.69. The van der Waals surface area contributed by atoms with Crippen LogP contribution in [0.15, 0.2) is 36.4 Å². The standard InChI is InChI=1S/C14H9Cl2FO2/c1-19-14(18)10-7-8(5-6-12(10)17)9-3-2-4-11(15)13(9)16/h2-7H,1H3. The maximum atomic E-state index is 13.5. The lowest BCUT2D eigenvalue weighted by atomic mass is 10.0. The molecule has 0 aliphatic rings. The third kappa shape index (κ3) is 2.72. The van der Waals surface area contributed by atoms with E-state index < -0.39 is 11.8 Å². The summed E-state index contributed by atoms with van der Waals surface area (Å²) in [6.07, 6.45) is 0. The second kappa shape index (κ2) is 5.59. The van der Waals surface area contributed by atoms with E-state index in [-0.39, 0.29) is 5.56 Å². The average molecular weight is 299 g/mol. The Labute approximate surface area is 119 Å². The van der Waals surface area contributed by atoms with Gasteiger partial charge in [-0.15, -0.1) is 0 Å². The Hall–Kier alpha value is -1.58. The molecule has 98 valence electrons. The number of halogens is 3. The van der Waals surface area contributed by atoms with Crippen LogP contribution in [0.2, 0.25) is 10.0 Å². The highest BCUT2D eigenvalue weighted by molar-refractivity contribution is 6.43. The zero-order valence-electron chi connectivity index (χ0n) is 9.91. The van der Waals surface area contributed by atoms with E-state index in [4.69, 9.17) is 23.2 Å². The first-order valence-electron chi connectivity index (χ1n) is 5.37. The predicted molar refractivity (Wildman–Crippen MR) is 73.2 cm³/mol. The largest absolute Gasteiger partial charge is 0.465 e. The summed E-state index contributed by atoms with van der Waals surface area (Å²) in [5, 5.41) is 0.745. The van der Waals surface area contributed by atoms with Gasteiger partial charge < -0.3 is 4.74 Å². The Kier molecular flexibility index (Phi) is 4.08. The van der Waals surface area contributed by atoms with E-state index in [1.165, 1.54) is 25.3 Å². The first kappa shape index (κ1) is 13.8. The van der Waals surface area contributed by atoms with Crippen molar-refractivity contribution in [1.82, 2.24) is 0 Å². The Bertz CT molecular complexity index is 641. The minimum Gasteiger partial charge on any atom is -0.465 e. The molecule has 0 aliphatic heterocycles. The topological polar surface area (TPSA) is 26.3 Å². The highest BCUT2D eigenvalue weighted by atomic mass is 35.5. The van der Waals surface area contributed by atoms with Gasteiger partial charge in [-0.2, -0.15) is 0 Å². The summed E-state index contributed by atoms with van der Waals surface area (Å²) in [6, 6.07) is 9.22. The second-order valence-corrected chi connectivity index (χ2v) is 4.57. The van der Waals surface area contributed by atoms with Crippen molar-refractivity contribution in [2.24, 2.45) is 0 Å². The van der Waals surface area contributed by atoms with Gasteiger partial charge in [0.1, 0.15) is 5.82 Å². The molecule has 0 saturated carbocycles. The molecule has 0 aliphatic carbocycles. The van der Waals surface area contributed by atoms with Gasteiger partial charge in [0.15, 0.2) is 0 Å². The number of hydrogen-bond donors (Lipinski definition) is 0. The molecule has 0 spiro atoms. The predicted octanol–water partition coefficient (Wildman–Crippen LogP) is 4.59. The van der Waals surface area contributed by atoms with E-state index in [0.29, 0.717) is 21.2 Å². The molecule has 0 N–H and O–H groups in total. The van der Waals surface area contributed by atoms with E-state index >= 15 is 0 Å². The van der Waals surface area contributed by atoms with Gasteiger partial charge in [-0.3, -0.25) is 0 Å². The quantitative estimate of drug-likeness (QED) is 0.758. The molecule has 0 radical (unpaired) electrons. The van der Waals surface area contributed by atoms with E-state index in [2.05, 4.69) is 4.74 Å². The molecular weight excluding hydrogens is 290 g/mol. The minimum atomic E-state index is -0.738. The van der Waals surface area contributed by atoms with Crippen LogP contribution in [0.4, 0.5) is 4.39 Å². The minimum absolute atomic E-state index is 0.143. The molecule has 0 amide bonds. The number of esters is 1. The first-order valence-corrected chi connectivity index (χ1v) is 6.12. The van der Waals surface area contributed by atoms with Gasteiger partial charge in [-0.1, -0.05) is 41.4 Å². The molecule has 19 heavy (non-hydrogen) atoms. The summed E-state index contributed by atoms with van der Waals surface area (Å²) < 4.78 is 18.1. The fourth-order valence-corrected chi connectivity index (χ4v) is 2.10. The normalized spacial score (nSPS) is 10.3. The smallest absolute Gasteiger partial charge is 0.340 e. The number of benzene rings is 2. The highest BCUT2D eigenvalue weighted by Crippen LogP contribution is 2.34. The summed E-state index contributed by atoms with van der Waals surface area (Å²) in [5.74, 6) is -1.38. The van der Waals surface area contributed by atoms with Crippen LogP contribution in [0.1, 0.15) is 10.4 Å². The number of ether oxygens (including phenoxy) is 1. The van der Waals surface area contributed by atoms with Crippen LogP contribution in [0.25, 0.3) is 11.1 Å². The SMILES string of the molecule is COC(=O)c1cc(-c2cccc(Cl)c2Cl)ccc1F. The van der Waals surface area contributed by atoms with Gasteiger partial charge in [0, 0.05) is 5.56 Å². The summed E-state index contributed by atoms with van der Waals surface area (Å²) >= 11 is 12.0. The molecule has 2 aromatic rings. The average Bonchev–Trinajstić information content (AvgIpc) is 2.42. The fraction of sp³-hybridized carbons (Fsp3) is 0.0714. The van der Waals surface area contributed by atoms with Crippen LogP contribution in [-0.4, -0.2) is 13.1 Å². The molecule has 0 bridgehead atoms. The zero-order chi connectivity index (χ0) is 14.0. The van der Waals surface area contributed by atoms with Crippen molar-refractivity contribution in [3.63, 3.8) is 0 Å². The molecular formula is C14H9Cl2FO2. The van der Waals surface area contributed by atoms with Crippen molar-refractivity contribution in [3.8, 4) is 11.1 Å². The Morgan fingerprint density at radius 1 is 1.21 bits per heavy atom. The molecule has 0 aromatic heterocycles. The number of carbonyl (C=O) groups excluding carboxylic acids is 1. The molecule has 0 saturated heterocycles. The van der Waals surface area contributed by atoms with Gasteiger partial charge in [0.2, 0.25) is 0 Å². The van der Waals surface area contributed by atoms with Crippen molar-refractivity contribution in [3.05, 3.63) is 57.8 Å². The summed E-state index contributed by atoms with van der Waals surface area (Å²) in [7, 11) is 1.20. The number of methoxy groups -OCH3 is 1. The summed E-state index contributed by atoms with van der Waals surface area (Å²) in [6.45, 7) is 0. The van der Waals surface area contributed by atoms with Crippen LogP contribution in [0, 0.1) is 5.82 Å². The molecule has 2 rings (SSSR count). The van der Waals surface area contributed by atoms with Gasteiger partial charge in [-0.25, -0.2) is 9.18 Å². The third-order valence-electron chi connectivity index (χ3n) is 2.63.